The molecule has 0 unspecified atom stereocenters. The molecule has 0 saturated carbocycles. The number of benzene rings is 1. The molecule has 1 aliphatic heterocycles. The predicted molar refractivity (Wildman–Crippen MR) is 105 cm³/mol. The minimum absolute atomic E-state index is 0.134. The number of aromatic nitrogens is 2. The Morgan fingerprint density at radius 3 is 2.93 bits per heavy atom. The van der Waals surface area contributed by atoms with E-state index in [2.05, 4.69) is 27.1 Å². The minimum atomic E-state index is -0.134. The van der Waals surface area contributed by atoms with Crippen molar-refractivity contribution in [1.29, 1.82) is 0 Å². The van der Waals surface area contributed by atoms with Crippen molar-refractivity contribution in [2.75, 3.05) is 24.6 Å². The topological polar surface area (TPSA) is 67.4 Å². The molecule has 0 bridgehead atoms. The molecule has 1 amide bonds. The van der Waals surface area contributed by atoms with Crippen molar-refractivity contribution in [3.05, 3.63) is 66.0 Å². The number of hydrogen-bond acceptors (Lipinski definition) is 5. The summed E-state index contributed by atoms with van der Waals surface area (Å²) in [5.74, 6) is 0.809. The Bertz CT molecular complexity index is 937. The van der Waals surface area contributed by atoms with Gasteiger partial charge in [0.25, 0.3) is 5.91 Å². The third-order valence-corrected chi connectivity index (χ3v) is 4.70. The predicted octanol–water partition coefficient (Wildman–Crippen LogP) is 2.78. The molecule has 1 aliphatic rings. The van der Waals surface area contributed by atoms with Crippen LogP contribution in [0.25, 0.3) is 10.9 Å². The van der Waals surface area contributed by atoms with E-state index in [0.29, 0.717) is 17.6 Å². The van der Waals surface area contributed by atoms with Gasteiger partial charge in [0.2, 0.25) is 0 Å². The van der Waals surface area contributed by atoms with Crippen LogP contribution in [0.3, 0.4) is 0 Å². The fourth-order valence-corrected chi connectivity index (χ4v) is 3.30. The van der Waals surface area contributed by atoms with Crippen LogP contribution in [0.2, 0.25) is 0 Å². The van der Waals surface area contributed by atoms with Crippen molar-refractivity contribution in [2.45, 2.75) is 19.6 Å². The van der Waals surface area contributed by atoms with Crippen LogP contribution >= 0.6 is 0 Å². The molecule has 4 rings (SSSR count). The second kappa shape index (κ2) is 7.72. The molecule has 2 aromatic heterocycles. The van der Waals surface area contributed by atoms with Crippen molar-refractivity contribution < 1.29 is 9.53 Å². The lowest BCUT2D eigenvalue weighted by Crippen LogP contribution is -2.41. The fourth-order valence-electron chi connectivity index (χ4n) is 3.30. The van der Waals surface area contributed by atoms with E-state index in [4.69, 9.17) is 4.74 Å². The number of hydrogen-bond donors (Lipinski definition) is 1. The van der Waals surface area contributed by atoms with Crippen LogP contribution in [0.15, 0.2) is 54.9 Å². The number of anilines is 1. The molecule has 1 atom stereocenters. The van der Waals surface area contributed by atoms with Crippen LogP contribution < -0.4 is 10.2 Å². The molecule has 0 radical (unpaired) electrons. The van der Waals surface area contributed by atoms with Crippen molar-refractivity contribution in [3.63, 3.8) is 0 Å². The summed E-state index contributed by atoms with van der Waals surface area (Å²) in [6.45, 7) is 4.91. The number of pyridine rings is 2. The van der Waals surface area contributed by atoms with Crippen LogP contribution in [-0.4, -0.2) is 41.7 Å². The molecule has 0 aliphatic carbocycles. The van der Waals surface area contributed by atoms with E-state index in [1.165, 1.54) is 0 Å². The molecule has 6 nitrogen and oxygen atoms in total. The van der Waals surface area contributed by atoms with E-state index >= 15 is 0 Å². The van der Waals surface area contributed by atoms with Crippen molar-refractivity contribution in [1.82, 2.24) is 15.3 Å². The number of rotatable bonds is 4. The van der Waals surface area contributed by atoms with E-state index < -0.39 is 0 Å². The standard InChI is InChI=1S/C21H22N4O2/c1-15-14-25(10-11-27-15)19-8-7-16(12-23-19)13-24-21(26)18-6-2-4-17-5-3-9-22-20(17)18/h2-9,12,15H,10-11,13-14H2,1H3,(H,24,26)/t15-/m1/s1. The quantitative estimate of drug-likeness (QED) is 0.773. The Kier molecular flexibility index (Phi) is 4.98. The van der Waals surface area contributed by atoms with Gasteiger partial charge in [-0.25, -0.2) is 4.98 Å². The monoisotopic (exact) mass is 362 g/mol. The molecule has 27 heavy (non-hydrogen) atoms. The molecular weight excluding hydrogens is 340 g/mol. The van der Waals surface area contributed by atoms with Gasteiger partial charge in [-0.3, -0.25) is 9.78 Å². The molecule has 3 aromatic rings. The second-order valence-electron chi connectivity index (χ2n) is 6.72. The van der Waals surface area contributed by atoms with Gasteiger partial charge in [0.05, 0.1) is 23.8 Å². The third-order valence-electron chi connectivity index (χ3n) is 4.70. The van der Waals surface area contributed by atoms with E-state index in [-0.39, 0.29) is 12.0 Å². The van der Waals surface area contributed by atoms with Crippen LogP contribution in [0.1, 0.15) is 22.8 Å². The Balaban J connectivity index is 1.41. The highest BCUT2D eigenvalue weighted by molar-refractivity contribution is 6.05. The van der Waals surface area contributed by atoms with Gasteiger partial charge in [0.15, 0.2) is 0 Å². The molecular formula is C21H22N4O2. The average Bonchev–Trinajstić information content (AvgIpc) is 2.72. The summed E-state index contributed by atoms with van der Waals surface area (Å²) in [4.78, 5) is 23.7. The molecule has 1 N–H and O–H groups in total. The SMILES string of the molecule is C[C@@H]1CN(c2ccc(CNC(=O)c3cccc4cccnc34)cn2)CCO1. The highest BCUT2D eigenvalue weighted by Gasteiger charge is 2.17. The van der Waals surface area contributed by atoms with E-state index in [1.54, 1.807) is 12.3 Å². The Hall–Kier alpha value is -2.99. The first-order valence-electron chi connectivity index (χ1n) is 9.14. The third kappa shape index (κ3) is 3.90. The fraction of sp³-hybridized carbons (Fsp3) is 0.286. The Labute approximate surface area is 158 Å². The number of fused-ring (bicyclic) bond motifs is 1. The highest BCUT2D eigenvalue weighted by Crippen LogP contribution is 2.17. The molecule has 1 fully saturated rings. The summed E-state index contributed by atoms with van der Waals surface area (Å²) in [6.07, 6.45) is 3.74. The van der Waals surface area contributed by atoms with Crippen molar-refractivity contribution in [2.24, 2.45) is 0 Å². The van der Waals surface area contributed by atoms with Gasteiger partial charge in [-0.2, -0.15) is 0 Å². The summed E-state index contributed by atoms with van der Waals surface area (Å²) < 4.78 is 5.57. The maximum atomic E-state index is 12.6. The summed E-state index contributed by atoms with van der Waals surface area (Å²) in [6, 6.07) is 13.4. The molecule has 0 spiro atoms. The second-order valence-corrected chi connectivity index (χ2v) is 6.72. The summed E-state index contributed by atoms with van der Waals surface area (Å²) in [5.41, 5.74) is 2.26. The lowest BCUT2D eigenvalue weighted by molar-refractivity contribution is 0.0529. The molecule has 1 saturated heterocycles. The van der Waals surface area contributed by atoms with Gasteiger partial charge in [-0.15, -0.1) is 0 Å². The summed E-state index contributed by atoms with van der Waals surface area (Å²) in [5, 5.41) is 3.92. The van der Waals surface area contributed by atoms with E-state index in [1.807, 2.05) is 42.6 Å². The summed E-state index contributed by atoms with van der Waals surface area (Å²) in [7, 11) is 0. The zero-order chi connectivity index (χ0) is 18.6. The number of nitrogens with zero attached hydrogens (tertiary/aromatic N) is 3. The Morgan fingerprint density at radius 1 is 1.22 bits per heavy atom. The number of para-hydroxylation sites is 1. The normalized spacial score (nSPS) is 17.1. The number of nitrogens with one attached hydrogen (secondary N) is 1. The maximum Gasteiger partial charge on any atom is 0.253 e. The smallest absolute Gasteiger partial charge is 0.253 e. The van der Waals surface area contributed by atoms with E-state index in [9.17, 15) is 4.79 Å². The zero-order valence-electron chi connectivity index (χ0n) is 15.3. The van der Waals surface area contributed by atoms with Gasteiger partial charge < -0.3 is 15.0 Å². The van der Waals surface area contributed by atoms with Gasteiger partial charge in [-0.1, -0.05) is 24.3 Å². The minimum Gasteiger partial charge on any atom is -0.375 e. The maximum absolute atomic E-state index is 12.6. The lowest BCUT2D eigenvalue weighted by Gasteiger charge is -2.32. The molecule has 3 heterocycles. The molecule has 138 valence electrons. The molecule has 6 heteroatoms. The number of amides is 1. The number of carbonyl (C=O) groups is 1. The summed E-state index contributed by atoms with van der Waals surface area (Å²) >= 11 is 0. The molecule has 1 aromatic carbocycles. The lowest BCUT2D eigenvalue weighted by atomic mass is 10.1. The van der Waals surface area contributed by atoms with Gasteiger partial charge in [-0.05, 0) is 30.7 Å². The average molecular weight is 362 g/mol. The van der Waals surface area contributed by atoms with Crippen molar-refractivity contribution >= 4 is 22.6 Å². The van der Waals surface area contributed by atoms with Crippen LogP contribution in [0.4, 0.5) is 5.82 Å². The number of morpholine rings is 1. The van der Waals surface area contributed by atoms with E-state index in [0.717, 1.165) is 36.5 Å². The first-order valence-corrected chi connectivity index (χ1v) is 9.14. The number of ether oxygens (including phenoxy) is 1. The largest absolute Gasteiger partial charge is 0.375 e. The Morgan fingerprint density at radius 2 is 2.11 bits per heavy atom. The van der Waals surface area contributed by atoms with Crippen LogP contribution in [0, 0.1) is 0 Å². The first kappa shape index (κ1) is 17.4. The van der Waals surface area contributed by atoms with Gasteiger partial charge in [0.1, 0.15) is 5.82 Å². The number of carbonyl (C=O) groups excluding carboxylic acids is 1. The van der Waals surface area contributed by atoms with Crippen LogP contribution in [-0.2, 0) is 11.3 Å². The van der Waals surface area contributed by atoms with Crippen LogP contribution in [0.5, 0.6) is 0 Å². The highest BCUT2D eigenvalue weighted by atomic mass is 16.5. The van der Waals surface area contributed by atoms with Crippen molar-refractivity contribution in [3.8, 4) is 0 Å². The first-order chi connectivity index (χ1) is 13.2. The van der Waals surface area contributed by atoms with Gasteiger partial charge in [0, 0.05) is 37.4 Å². The zero-order valence-corrected chi connectivity index (χ0v) is 15.3. The van der Waals surface area contributed by atoms with Gasteiger partial charge >= 0.3 is 0 Å².